The van der Waals surface area contributed by atoms with Crippen LogP contribution in [0.4, 0.5) is 0 Å². The second-order valence-corrected chi connectivity index (χ2v) is 6.78. The van der Waals surface area contributed by atoms with E-state index in [9.17, 15) is 4.79 Å². The van der Waals surface area contributed by atoms with Gasteiger partial charge in [0.15, 0.2) is 0 Å². The Kier molecular flexibility index (Phi) is 6.50. The summed E-state index contributed by atoms with van der Waals surface area (Å²) in [6, 6.07) is 24.6. The molecular weight excluding hydrogens is 378 g/mol. The quantitative estimate of drug-likeness (QED) is 0.461. The van der Waals surface area contributed by atoms with Crippen LogP contribution in [0.15, 0.2) is 78.9 Å². The lowest BCUT2D eigenvalue weighted by atomic mass is 10.2. The molecule has 6 nitrogen and oxygen atoms in total. The van der Waals surface area contributed by atoms with Gasteiger partial charge in [0, 0.05) is 5.56 Å². The van der Waals surface area contributed by atoms with Crippen molar-refractivity contribution in [1.82, 2.24) is 19.2 Å². The van der Waals surface area contributed by atoms with Gasteiger partial charge in [0.2, 0.25) is 5.91 Å². The molecule has 134 valence electrons. The molecule has 0 aliphatic rings. The van der Waals surface area contributed by atoms with Crippen LogP contribution in [0.5, 0.6) is 0 Å². The van der Waals surface area contributed by atoms with Crippen molar-refractivity contribution in [2.45, 2.75) is 0 Å². The fourth-order valence-electron chi connectivity index (χ4n) is 2.05. The van der Waals surface area contributed by atoms with Gasteiger partial charge in [-0.3, -0.25) is 4.79 Å². The number of benzene rings is 3. The zero-order chi connectivity index (χ0) is 18.9. The van der Waals surface area contributed by atoms with Crippen LogP contribution in [0.2, 0.25) is 0 Å². The van der Waals surface area contributed by atoms with Crippen LogP contribution in [0.25, 0.3) is 20.4 Å². The summed E-state index contributed by atoms with van der Waals surface area (Å²) in [6.07, 6.45) is 0. The zero-order valence-electron chi connectivity index (χ0n) is 14.1. The van der Waals surface area contributed by atoms with E-state index in [-0.39, 0.29) is 5.91 Å². The smallest absolute Gasteiger partial charge is 0.248 e. The van der Waals surface area contributed by atoms with Gasteiger partial charge in [0.05, 0.1) is 9.40 Å². The van der Waals surface area contributed by atoms with Crippen LogP contribution >= 0.6 is 23.1 Å². The van der Waals surface area contributed by atoms with Crippen LogP contribution < -0.4 is 5.73 Å². The molecule has 1 amide bonds. The fourth-order valence-corrected chi connectivity index (χ4v) is 3.17. The van der Waals surface area contributed by atoms with Crippen LogP contribution in [0.3, 0.4) is 0 Å². The van der Waals surface area contributed by atoms with Crippen LogP contribution in [-0.2, 0) is 0 Å². The Bertz CT molecular complexity index is 998. The first-order valence-electron chi connectivity index (χ1n) is 7.93. The highest BCUT2D eigenvalue weighted by Crippen LogP contribution is 2.13. The first kappa shape index (κ1) is 18.6. The van der Waals surface area contributed by atoms with Gasteiger partial charge in [-0.1, -0.05) is 51.4 Å². The SMILES string of the molecule is NC(=O)c1ccccc1.c1ccc2snnc2c1.c1ccc2snnc2c1. The minimum absolute atomic E-state index is 0.379. The Morgan fingerprint density at radius 3 is 1.52 bits per heavy atom. The molecule has 5 rings (SSSR count). The number of fused-ring (bicyclic) bond motifs is 2. The molecule has 0 aliphatic heterocycles. The lowest BCUT2D eigenvalue weighted by Gasteiger charge is -1.89. The van der Waals surface area contributed by atoms with Gasteiger partial charge in [0.25, 0.3) is 0 Å². The number of hydrogen-bond acceptors (Lipinski definition) is 7. The van der Waals surface area contributed by atoms with E-state index in [1.54, 1.807) is 24.3 Å². The van der Waals surface area contributed by atoms with Crippen molar-refractivity contribution < 1.29 is 4.79 Å². The predicted octanol–water partition coefficient (Wildman–Crippen LogP) is 4.17. The molecule has 0 unspecified atom stereocenters. The fraction of sp³-hybridized carbons (Fsp3) is 0. The third-order valence-electron chi connectivity index (χ3n) is 3.36. The van der Waals surface area contributed by atoms with Crippen molar-refractivity contribution in [3.05, 3.63) is 84.4 Å². The molecule has 8 heteroatoms. The highest BCUT2D eigenvalue weighted by atomic mass is 32.1. The third-order valence-corrected chi connectivity index (χ3v) is 4.77. The van der Waals surface area contributed by atoms with E-state index in [0.717, 1.165) is 20.4 Å². The van der Waals surface area contributed by atoms with Crippen molar-refractivity contribution in [1.29, 1.82) is 0 Å². The van der Waals surface area contributed by atoms with Gasteiger partial charge in [-0.05, 0) is 59.5 Å². The molecule has 2 aromatic heterocycles. The van der Waals surface area contributed by atoms with Gasteiger partial charge in [-0.15, -0.1) is 10.2 Å². The largest absolute Gasteiger partial charge is 0.366 e. The van der Waals surface area contributed by atoms with E-state index in [4.69, 9.17) is 5.73 Å². The summed E-state index contributed by atoms with van der Waals surface area (Å²) in [6.45, 7) is 0. The second kappa shape index (κ2) is 9.46. The maximum Gasteiger partial charge on any atom is 0.248 e. The minimum atomic E-state index is -0.379. The van der Waals surface area contributed by atoms with E-state index < -0.39 is 0 Å². The van der Waals surface area contributed by atoms with Crippen molar-refractivity contribution in [3.8, 4) is 0 Å². The summed E-state index contributed by atoms with van der Waals surface area (Å²) in [5, 5.41) is 7.77. The molecule has 0 atom stereocenters. The summed E-state index contributed by atoms with van der Waals surface area (Å²) in [7, 11) is 0. The molecule has 0 aliphatic carbocycles. The number of amides is 1. The van der Waals surface area contributed by atoms with Crippen LogP contribution in [-0.4, -0.2) is 25.1 Å². The lowest BCUT2D eigenvalue weighted by Crippen LogP contribution is -2.09. The molecule has 5 aromatic rings. The van der Waals surface area contributed by atoms with Crippen LogP contribution in [0, 0.1) is 0 Å². The predicted molar refractivity (Wildman–Crippen MR) is 110 cm³/mol. The Morgan fingerprint density at radius 1 is 0.667 bits per heavy atom. The molecule has 3 aromatic carbocycles. The van der Waals surface area contributed by atoms with E-state index in [1.807, 2.05) is 54.6 Å². The summed E-state index contributed by atoms with van der Waals surface area (Å²) in [5.74, 6) is -0.379. The average Bonchev–Trinajstić information content (AvgIpc) is 3.39. The first-order chi connectivity index (χ1) is 13.2. The normalized spacial score (nSPS) is 9.78. The Balaban J connectivity index is 0.000000117. The second-order valence-electron chi connectivity index (χ2n) is 5.21. The Hall–Kier alpha value is -3.23. The van der Waals surface area contributed by atoms with E-state index in [1.165, 1.54) is 23.1 Å². The molecular formula is C19H15N5OS2. The highest BCUT2D eigenvalue weighted by molar-refractivity contribution is 7.13. The third kappa shape index (κ3) is 5.37. The molecule has 2 N–H and O–H groups in total. The lowest BCUT2D eigenvalue weighted by molar-refractivity contribution is 0.100. The minimum Gasteiger partial charge on any atom is -0.366 e. The first-order valence-corrected chi connectivity index (χ1v) is 9.48. The molecule has 0 saturated heterocycles. The summed E-state index contributed by atoms with van der Waals surface area (Å²) < 4.78 is 9.89. The van der Waals surface area contributed by atoms with Crippen molar-refractivity contribution in [2.24, 2.45) is 5.73 Å². The van der Waals surface area contributed by atoms with E-state index in [0.29, 0.717) is 5.56 Å². The average molecular weight is 393 g/mol. The highest BCUT2D eigenvalue weighted by Gasteiger charge is 1.94. The zero-order valence-corrected chi connectivity index (χ0v) is 15.7. The van der Waals surface area contributed by atoms with Crippen LogP contribution in [0.1, 0.15) is 10.4 Å². The summed E-state index contributed by atoms with van der Waals surface area (Å²) in [5.41, 5.74) is 7.50. The van der Waals surface area contributed by atoms with E-state index in [2.05, 4.69) is 19.2 Å². The molecule has 0 fully saturated rings. The maximum absolute atomic E-state index is 10.4. The van der Waals surface area contributed by atoms with Gasteiger partial charge < -0.3 is 5.73 Å². The molecule has 0 spiro atoms. The number of primary amides is 1. The number of rotatable bonds is 1. The van der Waals surface area contributed by atoms with Gasteiger partial charge in [-0.2, -0.15) is 0 Å². The summed E-state index contributed by atoms with van der Waals surface area (Å²) >= 11 is 2.85. The van der Waals surface area contributed by atoms with Gasteiger partial charge >= 0.3 is 0 Å². The van der Waals surface area contributed by atoms with Crippen molar-refractivity contribution in [2.75, 3.05) is 0 Å². The number of hydrogen-bond donors (Lipinski definition) is 1. The molecule has 0 saturated carbocycles. The monoisotopic (exact) mass is 393 g/mol. The molecule has 0 bridgehead atoms. The number of nitrogens with zero attached hydrogens (tertiary/aromatic N) is 4. The van der Waals surface area contributed by atoms with Gasteiger partial charge in [0.1, 0.15) is 11.0 Å². The maximum atomic E-state index is 10.4. The number of carbonyl (C=O) groups excluding carboxylic acids is 1. The molecule has 27 heavy (non-hydrogen) atoms. The van der Waals surface area contributed by atoms with E-state index >= 15 is 0 Å². The Labute approximate surface area is 163 Å². The molecule has 0 radical (unpaired) electrons. The summed E-state index contributed by atoms with van der Waals surface area (Å²) in [4.78, 5) is 10.4. The standard InChI is InChI=1S/C7H7NO.2C6H4N2S/c8-7(9)6-4-2-1-3-5-6;2*1-2-4-6-5(3-1)7-8-9-6/h1-5H,(H2,8,9);2*1-4H. The topological polar surface area (TPSA) is 94.7 Å². The Morgan fingerprint density at radius 2 is 1.11 bits per heavy atom. The van der Waals surface area contributed by atoms with Gasteiger partial charge in [-0.25, -0.2) is 0 Å². The number of aromatic nitrogens is 4. The number of carbonyl (C=O) groups is 1. The number of nitrogens with two attached hydrogens (primary N) is 1. The van der Waals surface area contributed by atoms with Crippen molar-refractivity contribution in [3.63, 3.8) is 0 Å². The van der Waals surface area contributed by atoms with Crippen molar-refractivity contribution >= 4 is 49.4 Å². The molecule has 2 heterocycles.